The fourth-order valence-electron chi connectivity index (χ4n) is 10.9. The van der Waals surface area contributed by atoms with Gasteiger partial charge in [0, 0.05) is 62.8 Å². The van der Waals surface area contributed by atoms with Gasteiger partial charge in [0.15, 0.2) is 5.96 Å². The summed E-state index contributed by atoms with van der Waals surface area (Å²) < 4.78 is 9.48. The number of nitriles is 1. The number of carbonyl (C=O) groups is 2. The van der Waals surface area contributed by atoms with E-state index in [2.05, 4.69) is 69.5 Å². The van der Waals surface area contributed by atoms with Crippen LogP contribution in [-0.4, -0.2) is 95.2 Å². The van der Waals surface area contributed by atoms with E-state index in [1.165, 1.54) is 32.5 Å². The topological polar surface area (TPSA) is 140 Å². The smallest absolute Gasteiger partial charge is 0.329 e. The van der Waals surface area contributed by atoms with Gasteiger partial charge >= 0.3 is 5.69 Å². The van der Waals surface area contributed by atoms with Crippen molar-refractivity contribution in [3.8, 4) is 11.8 Å². The number of ether oxygens (including phenoxy) is 1. The number of imide groups is 1. The Morgan fingerprint density at radius 2 is 1.56 bits per heavy atom. The minimum atomic E-state index is -0.679. The molecule has 14 heteroatoms. The molecule has 0 saturated carbocycles. The highest BCUT2D eigenvalue weighted by Gasteiger charge is 2.35. The van der Waals surface area contributed by atoms with Gasteiger partial charge in [-0.25, -0.2) is 9.79 Å². The van der Waals surface area contributed by atoms with E-state index < -0.39 is 11.9 Å². The van der Waals surface area contributed by atoms with E-state index in [4.69, 9.17) is 21.3 Å². The van der Waals surface area contributed by atoms with Gasteiger partial charge in [-0.1, -0.05) is 43.6 Å². The third-order valence-corrected chi connectivity index (χ3v) is 15.0. The molecule has 2 unspecified atom stereocenters. The number of piperidine rings is 4. The van der Waals surface area contributed by atoms with Crippen LogP contribution in [0.4, 0.5) is 5.69 Å². The van der Waals surface area contributed by atoms with Gasteiger partial charge in [-0.3, -0.25) is 24.0 Å². The van der Waals surface area contributed by atoms with Crippen molar-refractivity contribution in [2.24, 2.45) is 29.8 Å². The number of guanidine groups is 1. The fourth-order valence-corrected chi connectivity index (χ4v) is 11.1. The number of para-hydroxylation sites is 1. The number of likely N-dealkylation sites (tertiary alicyclic amines) is 2. The van der Waals surface area contributed by atoms with Gasteiger partial charge in [0.1, 0.15) is 24.4 Å². The second-order valence-electron chi connectivity index (χ2n) is 19.0. The molecule has 13 nitrogen and oxygen atoms in total. The molecule has 6 heterocycles. The summed E-state index contributed by atoms with van der Waals surface area (Å²) in [7, 11) is 1.79. The molecule has 4 fully saturated rings. The van der Waals surface area contributed by atoms with Crippen molar-refractivity contribution in [1.29, 1.82) is 5.26 Å². The molecular formula is C50H60ClN9O4. The lowest BCUT2D eigenvalue weighted by Gasteiger charge is -2.42. The Balaban J connectivity index is 0.711. The molecule has 0 spiro atoms. The molecule has 4 saturated heterocycles. The zero-order valence-electron chi connectivity index (χ0n) is 37.3. The lowest BCUT2D eigenvalue weighted by Crippen LogP contribution is -2.48. The summed E-state index contributed by atoms with van der Waals surface area (Å²) in [6, 6.07) is 21.2. The number of aliphatic imine (C=N–C) groups is 1. The predicted molar refractivity (Wildman–Crippen MR) is 251 cm³/mol. The summed E-state index contributed by atoms with van der Waals surface area (Å²) in [5, 5.41) is 15.8. The number of imidazole rings is 1. The lowest BCUT2D eigenvalue weighted by molar-refractivity contribution is -0.135. The maximum atomic E-state index is 13.5. The highest BCUT2D eigenvalue weighted by molar-refractivity contribution is 6.30. The minimum Gasteiger partial charge on any atom is -0.491 e. The van der Waals surface area contributed by atoms with Gasteiger partial charge in [0.25, 0.3) is 0 Å². The number of halogens is 1. The number of anilines is 1. The molecule has 5 aliphatic heterocycles. The number of aryl methyl sites for hydroxylation is 1. The van der Waals surface area contributed by atoms with Crippen LogP contribution in [0, 0.1) is 29.1 Å². The van der Waals surface area contributed by atoms with Crippen LogP contribution in [0.5, 0.6) is 5.75 Å². The first-order chi connectivity index (χ1) is 30.9. The van der Waals surface area contributed by atoms with Crippen molar-refractivity contribution in [2.45, 2.75) is 82.7 Å². The highest BCUT2D eigenvalue weighted by Crippen LogP contribution is 2.38. The molecule has 336 valence electrons. The maximum Gasteiger partial charge on any atom is 0.329 e. The molecule has 2 amide bonds. The van der Waals surface area contributed by atoms with Gasteiger partial charge in [-0.2, -0.15) is 5.26 Å². The van der Waals surface area contributed by atoms with Crippen LogP contribution < -0.4 is 26.0 Å². The summed E-state index contributed by atoms with van der Waals surface area (Å²) in [4.78, 5) is 50.6. The molecule has 0 radical (unpaired) electrons. The Hall–Kier alpha value is -5.58. The van der Waals surface area contributed by atoms with E-state index in [0.717, 1.165) is 97.3 Å². The van der Waals surface area contributed by atoms with Gasteiger partial charge < -0.3 is 24.8 Å². The van der Waals surface area contributed by atoms with Crippen molar-refractivity contribution in [2.75, 3.05) is 57.3 Å². The monoisotopic (exact) mass is 885 g/mol. The van der Waals surface area contributed by atoms with E-state index in [-0.39, 0.29) is 29.5 Å². The normalized spacial score (nSPS) is 22.0. The largest absolute Gasteiger partial charge is 0.491 e. The molecule has 4 aromatic rings. The molecule has 2 N–H and O–H groups in total. The number of rotatable bonds is 10. The highest BCUT2D eigenvalue weighted by atomic mass is 35.5. The average Bonchev–Trinajstić information content (AvgIpc) is 3.57. The van der Waals surface area contributed by atoms with Crippen LogP contribution in [0.2, 0.25) is 5.02 Å². The first-order valence-corrected chi connectivity index (χ1v) is 23.5. The van der Waals surface area contributed by atoms with Crippen molar-refractivity contribution in [1.82, 2.24) is 29.6 Å². The van der Waals surface area contributed by atoms with Crippen molar-refractivity contribution >= 4 is 46.1 Å². The molecular weight excluding hydrogens is 826 g/mol. The predicted octanol–water partition coefficient (Wildman–Crippen LogP) is 6.73. The number of hydrogen-bond donors (Lipinski definition) is 2. The Morgan fingerprint density at radius 3 is 2.27 bits per heavy atom. The number of carbonyl (C=O) groups excluding carboxylic acids is 2. The summed E-state index contributed by atoms with van der Waals surface area (Å²) in [5.74, 6) is 3.20. The zero-order valence-corrected chi connectivity index (χ0v) is 38.0. The number of nitrogens with one attached hydrogen (secondary N) is 2. The summed E-state index contributed by atoms with van der Waals surface area (Å²) in [6.07, 6.45) is 11.7. The van der Waals surface area contributed by atoms with Crippen molar-refractivity contribution in [3.05, 3.63) is 105 Å². The number of nitrogens with zero attached hydrogens (tertiary/aromatic N) is 7. The minimum absolute atomic E-state index is 0.0706. The number of aromatic nitrogens is 2. The Morgan fingerprint density at radius 1 is 0.859 bits per heavy atom. The van der Waals surface area contributed by atoms with Crippen molar-refractivity contribution < 1.29 is 14.3 Å². The van der Waals surface area contributed by atoms with Crippen LogP contribution in [0.3, 0.4) is 0 Å². The zero-order chi connectivity index (χ0) is 44.5. The van der Waals surface area contributed by atoms with E-state index in [9.17, 15) is 19.6 Å². The Labute approximate surface area is 380 Å². The average molecular weight is 887 g/mol. The second-order valence-corrected chi connectivity index (χ2v) is 19.5. The van der Waals surface area contributed by atoms with Crippen molar-refractivity contribution in [3.63, 3.8) is 0 Å². The number of amides is 2. The second kappa shape index (κ2) is 18.5. The van der Waals surface area contributed by atoms with Crippen LogP contribution in [0.1, 0.15) is 87.9 Å². The number of fused-ring (bicyclic) bond motifs is 1. The van der Waals surface area contributed by atoms with E-state index >= 15 is 0 Å². The quantitative estimate of drug-likeness (QED) is 0.166. The van der Waals surface area contributed by atoms with Crippen LogP contribution in [-0.2, 0) is 22.1 Å². The molecule has 1 aromatic heterocycles. The summed E-state index contributed by atoms with van der Waals surface area (Å²) in [5.41, 5.74) is 4.76. The van der Waals surface area contributed by atoms with Crippen LogP contribution >= 0.6 is 11.6 Å². The van der Waals surface area contributed by atoms with Gasteiger partial charge in [0.05, 0.1) is 28.4 Å². The molecule has 3 aromatic carbocycles. The molecule has 9 rings (SSSR count). The number of hydrogen-bond acceptors (Lipinski definition) is 10. The molecule has 64 heavy (non-hydrogen) atoms. The van der Waals surface area contributed by atoms with Gasteiger partial charge in [-0.05, 0) is 135 Å². The summed E-state index contributed by atoms with van der Waals surface area (Å²) >= 11 is 6.32. The maximum absolute atomic E-state index is 13.5. The third kappa shape index (κ3) is 9.04. The fraction of sp³-hybridized carbons (Fsp3) is 0.500. The summed E-state index contributed by atoms with van der Waals surface area (Å²) in [6.45, 7) is 12.1. The Bertz CT molecular complexity index is 2530. The lowest BCUT2D eigenvalue weighted by atomic mass is 9.78. The van der Waals surface area contributed by atoms with E-state index in [1.807, 2.05) is 42.6 Å². The SMILES string of the molecule is Cn1c(=O)n(C2CCC(=O)NC2=O)c2cccc(N3CCC(C4CCN(CC5CCN(C6=NC(COc7ccc(C(C)(C)c8cc(Cl)cc(C#N)c8)cc7)C=CN6)CC5)CC4)CC3)c21. The van der Waals surface area contributed by atoms with Crippen LogP contribution in [0.25, 0.3) is 11.0 Å². The van der Waals surface area contributed by atoms with Crippen LogP contribution in [0.15, 0.2) is 82.7 Å². The molecule has 2 atom stereocenters. The van der Waals surface area contributed by atoms with Gasteiger partial charge in [-0.15, -0.1) is 0 Å². The molecule has 5 aliphatic rings. The van der Waals surface area contributed by atoms with Gasteiger partial charge in [0.2, 0.25) is 11.8 Å². The van der Waals surface area contributed by atoms with E-state index in [1.54, 1.807) is 22.2 Å². The molecule has 0 bridgehead atoms. The first kappa shape index (κ1) is 43.7. The standard InChI is InChI=1S/C50H60ClN9O4/c1-50(2,38-27-34(30-52)28-39(51)29-38)37-7-9-41(10-8-37)64-32-40-13-20-53-48(54-40)59-23-14-33(15-24-59)31-57-21-16-35(17-22-57)36-18-25-58(26-19-36)42-5-4-6-43-46(42)56(3)49(63)60(43)44-11-12-45(61)55-47(44)62/h4-10,13,20,27-29,33,35-36,40,44H,11-12,14-19,21-26,31-32H2,1-3H3,(H,53,54)(H,55,61,62). The third-order valence-electron chi connectivity index (χ3n) is 14.8. The Kier molecular flexibility index (Phi) is 12.6. The van der Waals surface area contributed by atoms with E-state index in [0.29, 0.717) is 35.4 Å². The molecule has 0 aliphatic carbocycles. The number of benzene rings is 3. The first-order valence-electron chi connectivity index (χ1n) is 23.2.